The molecule has 128 valence electrons. The van der Waals surface area contributed by atoms with Gasteiger partial charge in [-0.25, -0.2) is 9.67 Å². The van der Waals surface area contributed by atoms with Crippen LogP contribution in [0.15, 0.2) is 42.7 Å². The van der Waals surface area contributed by atoms with Crippen molar-refractivity contribution in [1.82, 2.24) is 14.8 Å². The van der Waals surface area contributed by atoms with Crippen LogP contribution in [0.5, 0.6) is 0 Å². The van der Waals surface area contributed by atoms with Crippen molar-refractivity contribution < 1.29 is 0 Å². The van der Waals surface area contributed by atoms with Crippen molar-refractivity contribution in [2.75, 3.05) is 23.7 Å². The fourth-order valence-electron chi connectivity index (χ4n) is 4.21. The van der Waals surface area contributed by atoms with Gasteiger partial charge in [-0.2, -0.15) is 10.4 Å². The maximum absolute atomic E-state index is 9.78. The summed E-state index contributed by atoms with van der Waals surface area (Å²) in [7, 11) is 0. The Balaban J connectivity index is 1.78. The highest BCUT2D eigenvalue weighted by atomic mass is 15.3. The number of nitrogens with zero attached hydrogens (tertiary/aromatic N) is 5. The number of anilines is 2. The number of nitrogens with two attached hydrogens (primary N) is 1. The normalized spacial score (nSPS) is 15.7. The summed E-state index contributed by atoms with van der Waals surface area (Å²) in [6.07, 6.45) is 5.88. The molecule has 1 aromatic carbocycles. The van der Waals surface area contributed by atoms with Gasteiger partial charge in [0.1, 0.15) is 17.5 Å². The van der Waals surface area contributed by atoms with E-state index in [1.165, 1.54) is 0 Å². The average Bonchev–Trinajstić information content (AvgIpc) is 3.23. The van der Waals surface area contributed by atoms with Gasteiger partial charge in [0.2, 0.25) is 0 Å². The summed E-state index contributed by atoms with van der Waals surface area (Å²) in [6, 6.07) is 12.3. The van der Waals surface area contributed by atoms with Gasteiger partial charge in [0.15, 0.2) is 0 Å². The third kappa shape index (κ3) is 2.10. The maximum atomic E-state index is 9.78. The number of hydrogen-bond donors (Lipinski definition) is 1. The lowest BCUT2D eigenvalue weighted by molar-refractivity contribution is 0.465. The monoisotopic (exact) mass is 342 g/mol. The lowest BCUT2D eigenvalue weighted by Gasteiger charge is -2.42. The molecule has 0 amide bonds. The Morgan fingerprint density at radius 1 is 1.19 bits per heavy atom. The van der Waals surface area contributed by atoms with Crippen LogP contribution in [0.4, 0.5) is 11.5 Å². The Labute approximate surface area is 151 Å². The lowest BCUT2D eigenvalue weighted by atomic mass is 9.83. The number of aromatic nitrogens is 3. The van der Waals surface area contributed by atoms with E-state index in [0.29, 0.717) is 17.3 Å². The van der Waals surface area contributed by atoms with Gasteiger partial charge in [0.25, 0.3) is 0 Å². The number of rotatable bonds is 2. The van der Waals surface area contributed by atoms with Crippen molar-refractivity contribution in [3.63, 3.8) is 0 Å². The van der Waals surface area contributed by atoms with Crippen LogP contribution in [0, 0.1) is 11.3 Å². The molecule has 0 aliphatic carbocycles. The molecule has 0 atom stereocenters. The van der Waals surface area contributed by atoms with E-state index in [9.17, 15) is 5.26 Å². The highest BCUT2D eigenvalue weighted by Crippen LogP contribution is 2.48. The molecule has 0 saturated carbocycles. The van der Waals surface area contributed by atoms with Crippen LogP contribution < -0.4 is 10.6 Å². The lowest BCUT2D eigenvalue weighted by Crippen LogP contribution is -2.40. The molecule has 2 N–H and O–H groups in total. The molecule has 1 fully saturated rings. The van der Waals surface area contributed by atoms with Crippen LogP contribution in [0.3, 0.4) is 0 Å². The average molecular weight is 342 g/mol. The number of piperidine rings is 1. The Morgan fingerprint density at radius 2 is 2.04 bits per heavy atom. The van der Waals surface area contributed by atoms with Crippen molar-refractivity contribution in [2.24, 2.45) is 0 Å². The molecule has 3 aliphatic rings. The summed E-state index contributed by atoms with van der Waals surface area (Å²) in [6.45, 7) is 2.03. The van der Waals surface area contributed by atoms with Gasteiger partial charge >= 0.3 is 0 Å². The predicted molar refractivity (Wildman–Crippen MR) is 100 cm³/mol. The third-order valence-electron chi connectivity index (χ3n) is 5.44. The van der Waals surface area contributed by atoms with Gasteiger partial charge in [0.05, 0.1) is 17.1 Å². The second-order valence-corrected chi connectivity index (χ2v) is 6.85. The summed E-state index contributed by atoms with van der Waals surface area (Å²) >= 11 is 0. The Kier molecular flexibility index (Phi) is 3.22. The van der Waals surface area contributed by atoms with Gasteiger partial charge in [-0.3, -0.25) is 0 Å². The summed E-state index contributed by atoms with van der Waals surface area (Å²) in [4.78, 5) is 6.98. The number of hydrogen-bond acceptors (Lipinski definition) is 5. The number of pyridine rings is 1. The molecule has 0 spiro atoms. The molecule has 2 bridgehead atoms. The fourth-order valence-corrected chi connectivity index (χ4v) is 4.21. The molecule has 3 aromatic rings. The highest BCUT2D eigenvalue weighted by Gasteiger charge is 2.36. The first-order chi connectivity index (χ1) is 12.8. The zero-order valence-corrected chi connectivity index (χ0v) is 14.3. The molecule has 2 aromatic heterocycles. The molecule has 6 nitrogen and oxygen atoms in total. The predicted octanol–water partition coefficient (Wildman–Crippen LogP) is 3.09. The van der Waals surface area contributed by atoms with Crippen molar-refractivity contribution in [2.45, 2.75) is 18.8 Å². The molecule has 5 heterocycles. The molecule has 6 heteroatoms. The second-order valence-electron chi connectivity index (χ2n) is 6.85. The summed E-state index contributed by atoms with van der Waals surface area (Å²) in [5, 5.41) is 14.1. The molecule has 0 radical (unpaired) electrons. The summed E-state index contributed by atoms with van der Waals surface area (Å²) < 4.78 is 1.82. The Hall–Kier alpha value is -3.33. The van der Waals surface area contributed by atoms with Crippen molar-refractivity contribution in [1.29, 1.82) is 5.26 Å². The molecular formula is C20H18N6. The molecule has 0 unspecified atom stereocenters. The van der Waals surface area contributed by atoms with Crippen LogP contribution in [0.2, 0.25) is 0 Å². The smallest absolute Gasteiger partial charge is 0.142 e. The maximum Gasteiger partial charge on any atom is 0.142 e. The molecule has 26 heavy (non-hydrogen) atoms. The quantitative estimate of drug-likeness (QED) is 0.774. The number of nitriles is 1. The van der Waals surface area contributed by atoms with Gasteiger partial charge in [-0.1, -0.05) is 12.1 Å². The largest absolute Gasteiger partial charge is 0.383 e. The van der Waals surface area contributed by atoms with E-state index in [1.807, 2.05) is 35.1 Å². The first-order valence-electron chi connectivity index (χ1n) is 8.85. The first-order valence-corrected chi connectivity index (χ1v) is 8.85. The number of nitrogen functional groups attached to an aromatic ring is 1. The van der Waals surface area contributed by atoms with E-state index in [1.54, 1.807) is 6.20 Å². The zero-order chi connectivity index (χ0) is 17.7. The first kappa shape index (κ1) is 15.0. The van der Waals surface area contributed by atoms with Crippen LogP contribution >= 0.6 is 0 Å². The van der Waals surface area contributed by atoms with E-state index in [4.69, 9.17) is 5.73 Å². The zero-order valence-electron chi connectivity index (χ0n) is 14.3. The number of fused-ring (bicyclic) bond motifs is 2. The summed E-state index contributed by atoms with van der Waals surface area (Å²) in [5.41, 5.74) is 11.6. The van der Waals surface area contributed by atoms with E-state index >= 15 is 0 Å². The minimum atomic E-state index is 0.333. The van der Waals surface area contributed by atoms with Crippen LogP contribution in [-0.4, -0.2) is 27.9 Å². The van der Waals surface area contributed by atoms with E-state index in [-0.39, 0.29) is 0 Å². The van der Waals surface area contributed by atoms with Crippen LogP contribution in [0.1, 0.15) is 30.0 Å². The summed E-state index contributed by atoms with van der Waals surface area (Å²) in [5.74, 6) is 0.776. The van der Waals surface area contributed by atoms with E-state index < -0.39 is 0 Å². The SMILES string of the molecule is N#Cc1c(N)nc2c(c1-c1cccc(-n3cccn3)c1)N1CCC2CC1. The van der Waals surface area contributed by atoms with Crippen LogP contribution in [0.25, 0.3) is 16.8 Å². The van der Waals surface area contributed by atoms with Gasteiger partial charge in [0, 0.05) is 37.0 Å². The van der Waals surface area contributed by atoms with Gasteiger partial charge in [-0.05, 0) is 36.6 Å². The topological polar surface area (TPSA) is 83.8 Å². The fraction of sp³-hybridized carbons (Fsp3) is 0.250. The minimum absolute atomic E-state index is 0.333. The highest BCUT2D eigenvalue weighted by molar-refractivity contribution is 5.89. The molecule has 3 aliphatic heterocycles. The molecule has 1 saturated heterocycles. The Morgan fingerprint density at radius 3 is 2.77 bits per heavy atom. The van der Waals surface area contributed by atoms with Crippen LogP contribution in [-0.2, 0) is 0 Å². The molecule has 6 rings (SSSR count). The van der Waals surface area contributed by atoms with Crippen molar-refractivity contribution in [3.05, 3.63) is 54.0 Å². The third-order valence-corrected chi connectivity index (χ3v) is 5.44. The van der Waals surface area contributed by atoms with Crippen molar-refractivity contribution in [3.8, 4) is 22.9 Å². The standard InChI is InChI=1S/C20H18N6/c21-12-16-17(14-3-1-4-15(11-14)26-8-2-7-23-26)19-18(24-20(16)22)13-5-9-25(19)10-6-13/h1-4,7-8,11,13H,5-6,9-10H2,(H2,22,24). The van der Waals surface area contributed by atoms with Gasteiger partial charge < -0.3 is 10.6 Å². The van der Waals surface area contributed by atoms with E-state index in [2.05, 4.69) is 27.1 Å². The Bertz CT molecular complexity index is 1020. The second kappa shape index (κ2) is 5.60. The van der Waals surface area contributed by atoms with Crippen molar-refractivity contribution >= 4 is 11.5 Å². The minimum Gasteiger partial charge on any atom is -0.383 e. The van der Waals surface area contributed by atoms with Gasteiger partial charge in [-0.15, -0.1) is 0 Å². The molecular weight excluding hydrogens is 324 g/mol. The van der Waals surface area contributed by atoms with E-state index in [0.717, 1.165) is 54.1 Å². The number of benzene rings is 1.